The van der Waals surface area contributed by atoms with Crippen molar-refractivity contribution in [3.8, 4) is 11.8 Å². The lowest BCUT2D eigenvalue weighted by molar-refractivity contribution is -0.118. The molecule has 0 aliphatic rings. The molecule has 9 heteroatoms. The Morgan fingerprint density at radius 1 is 1.19 bits per heavy atom. The molecule has 0 saturated heterocycles. The van der Waals surface area contributed by atoms with Crippen LogP contribution in [0, 0.1) is 11.3 Å². The van der Waals surface area contributed by atoms with Gasteiger partial charge in [-0.1, -0.05) is 42.1 Å². The molecule has 0 unspecified atom stereocenters. The first-order valence-electron chi connectivity index (χ1n) is 9.73. The lowest BCUT2D eigenvalue weighted by Gasteiger charge is -2.04. The molecule has 2 aromatic heterocycles. The zero-order valence-corrected chi connectivity index (χ0v) is 18.2. The molecule has 2 heterocycles. The van der Waals surface area contributed by atoms with E-state index in [4.69, 9.17) is 5.73 Å². The van der Waals surface area contributed by atoms with Gasteiger partial charge in [0, 0.05) is 6.54 Å². The van der Waals surface area contributed by atoms with Gasteiger partial charge in [0.25, 0.3) is 0 Å². The van der Waals surface area contributed by atoms with Gasteiger partial charge in [0.15, 0.2) is 4.34 Å². The van der Waals surface area contributed by atoms with Gasteiger partial charge in [0.05, 0.1) is 27.4 Å². The Labute approximate surface area is 187 Å². The van der Waals surface area contributed by atoms with Gasteiger partial charge in [-0.25, -0.2) is 9.67 Å². The lowest BCUT2D eigenvalue weighted by Crippen LogP contribution is -2.26. The summed E-state index contributed by atoms with van der Waals surface area (Å²) in [5, 5.41) is 16.9. The summed E-state index contributed by atoms with van der Waals surface area (Å²) in [6.45, 7) is 0.502. The van der Waals surface area contributed by atoms with Crippen LogP contribution in [0.25, 0.3) is 15.9 Å². The number of carbonyl (C=O) groups is 1. The predicted molar refractivity (Wildman–Crippen MR) is 124 cm³/mol. The maximum absolute atomic E-state index is 12.2. The molecule has 0 spiro atoms. The number of benzene rings is 2. The number of amides is 1. The molecule has 4 rings (SSSR count). The molecule has 0 atom stereocenters. The number of fused-ring (bicyclic) bond motifs is 1. The number of nitrogens with two attached hydrogens (primary N) is 1. The standard InChI is InChI=1S/C22H20N6OS2/c23-13-16-17(27-28(21(16)24)15-7-2-1-3-8-15)10-6-12-25-20(29)14-30-22-26-18-9-4-5-11-19(18)31-22/h1-5,7-9,11H,6,10,12,14,24H2,(H,25,29). The molecule has 0 aliphatic carbocycles. The van der Waals surface area contributed by atoms with Crippen molar-refractivity contribution in [3.63, 3.8) is 0 Å². The second-order valence-corrected chi connectivity index (χ2v) is 9.01. The number of para-hydroxylation sites is 2. The second kappa shape index (κ2) is 9.64. The molecule has 1 amide bonds. The third kappa shape index (κ3) is 4.87. The molecular formula is C22H20N6OS2. The average molecular weight is 449 g/mol. The van der Waals surface area contributed by atoms with E-state index < -0.39 is 0 Å². The van der Waals surface area contributed by atoms with E-state index >= 15 is 0 Å². The Balaban J connectivity index is 1.27. The van der Waals surface area contributed by atoms with Crippen molar-refractivity contribution in [1.82, 2.24) is 20.1 Å². The van der Waals surface area contributed by atoms with Crippen molar-refractivity contribution in [2.24, 2.45) is 0 Å². The number of anilines is 1. The van der Waals surface area contributed by atoms with Crippen LogP contribution in [0.2, 0.25) is 0 Å². The minimum absolute atomic E-state index is 0.0425. The Bertz CT molecular complexity index is 1210. The summed E-state index contributed by atoms with van der Waals surface area (Å²) in [4.78, 5) is 16.7. The number of hydrogen-bond donors (Lipinski definition) is 2. The summed E-state index contributed by atoms with van der Waals surface area (Å²) < 4.78 is 3.59. The first-order valence-corrected chi connectivity index (χ1v) is 11.5. The summed E-state index contributed by atoms with van der Waals surface area (Å²) in [6, 6.07) is 19.6. The smallest absolute Gasteiger partial charge is 0.230 e. The van der Waals surface area contributed by atoms with Gasteiger partial charge in [-0.15, -0.1) is 11.3 Å². The number of nitrogens with one attached hydrogen (secondary N) is 1. The molecule has 0 bridgehead atoms. The van der Waals surface area contributed by atoms with Crippen LogP contribution in [0.4, 0.5) is 5.82 Å². The third-order valence-corrected chi connectivity index (χ3v) is 6.80. The highest BCUT2D eigenvalue weighted by Crippen LogP contribution is 2.29. The minimum atomic E-state index is -0.0425. The molecule has 0 saturated carbocycles. The van der Waals surface area contributed by atoms with Gasteiger partial charge in [0.1, 0.15) is 17.5 Å². The van der Waals surface area contributed by atoms with Gasteiger partial charge >= 0.3 is 0 Å². The normalized spacial score (nSPS) is 10.8. The van der Waals surface area contributed by atoms with Crippen molar-refractivity contribution in [2.75, 3.05) is 18.0 Å². The number of thioether (sulfide) groups is 1. The molecule has 7 nitrogen and oxygen atoms in total. The molecule has 2 aromatic carbocycles. The largest absolute Gasteiger partial charge is 0.382 e. The van der Waals surface area contributed by atoms with Crippen LogP contribution in [0.5, 0.6) is 0 Å². The van der Waals surface area contributed by atoms with Gasteiger partial charge in [-0.3, -0.25) is 4.79 Å². The molecule has 0 radical (unpaired) electrons. The number of hydrogen-bond acceptors (Lipinski definition) is 7. The Hall–Kier alpha value is -3.35. The Kier molecular flexibility index (Phi) is 6.50. The van der Waals surface area contributed by atoms with E-state index in [1.807, 2.05) is 54.6 Å². The summed E-state index contributed by atoms with van der Waals surface area (Å²) in [5.74, 6) is 0.609. The van der Waals surface area contributed by atoms with E-state index in [0.717, 1.165) is 20.2 Å². The monoisotopic (exact) mass is 448 g/mol. The van der Waals surface area contributed by atoms with Gasteiger partial charge < -0.3 is 11.1 Å². The van der Waals surface area contributed by atoms with Crippen LogP contribution in [-0.2, 0) is 11.2 Å². The summed E-state index contributed by atoms with van der Waals surface area (Å²) in [6.07, 6.45) is 1.22. The van der Waals surface area contributed by atoms with Crippen molar-refractivity contribution in [3.05, 3.63) is 65.9 Å². The van der Waals surface area contributed by atoms with Crippen molar-refractivity contribution in [2.45, 2.75) is 17.2 Å². The summed E-state index contributed by atoms with van der Waals surface area (Å²) >= 11 is 3.03. The van der Waals surface area contributed by atoms with Gasteiger partial charge in [-0.05, 0) is 37.1 Å². The molecule has 0 aliphatic heterocycles. The first kappa shape index (κ1) is 20.9. The average Bonchev–Trinajstić information content (AvgIpc) is 3.36. The fourth-order valence-corrected chi connectivity index (χ4v) is 5.01. The molecule has 156 valence electrons. The van der Waals surface area contributed by atoms with Crippen molar-refractivity contribution in [1.29, 1.82) is 5.26 Å². The highest BCUT2D eigenvalue weighted by atomic mass is 32.2. The molecule has 3 N–H and O–H groups in total. The molecule has 0 fully saturated rings. The van der Waals surface area contributed by atoms with Crippen LogP contribution in [-0.4, -0.2) is 33.0 Å². The van der Waals surface area contributed by atoms with E-state index in [-0.39, 0.29) is 5.91 Å². The van der Waals surface area contributed by atoms with E-state index in [1.165, 1.54) is 11.8 Å². The summed E-state index contributed by atoms with van der Waals surface area (Å²) in [7, 11) is 0. The van der Waals surface area contributed by atoms with Crippen LogP contribution in [0.3, 0.4) is 0 Å². The fraction of sp³-hybridized carbons (Fsp3) is 0.182. The quantitative estimate of drug-likeness (QED) is 0.314. The number of nitrogen functional groups attached to an aromatic ring is 1. The van der Waals surface area contributed by atoms with Crippen LogP contribution < -0.4 is 11.1 Å². The van der Waals surface area contributed by atoms with E-state index in [1.54, 1.807) is 16.0 Å². The topological polar surface area (TPSA) is 110 Å². The lowest BCUT2D eigenvalue weighted by atomic mass is 10.1. The molecule has 31 heavy (non-hydrogen) atoms. The zero-order valence-electron chi connectivity index (χ0n) is 16.6. The maximum Gasteiger partial charge on any atom is 0.230 e. The Morgan fingerprint density at radius 3 is 2.74 bits per heavy atom. The van der Waals surface area contributed by atoms with E-state index in [9.17, 15) is 10.1 Å². The van der Waals surface area contributed by atoms with Gasteiger partial charge in [-0.2, -0.15) is 10.4 Å². The fourth-order valence-electron chi connectivity index (χ4n) is 3.12. The van der Waals surface area contributed by atoms with Gasteiger partial charge in [0.2, 0.25) is 5.91 Å². The van der Waals surface area contributed by atoms with Crippen molar-refractivity contribution >= 4 is 45.0 Å². The maximum atomic E-state index is 12.2. The zero-order chi connectivity index (χ0) is 21.6. The molecule has 4 aromatic rings. The molecular weight excluding hydrogens is 428 g/mol. The number of aromatic nitrogens is 3. The van der Waals surface area contributed by atoms with Crippen molar-refractivity contribution < 1.29 is 4.79 Å². The van der Waals surface area contributed by atoms with E-state index in [2.05, 4.69) is 21.5 Å². The number of aryl methyl sites for hydroxylation is 1. The highest BCUT2D eigenvalue weighted by molar-refractivity contribution is 8.01. The minimum Gasteiger partial charge on any atom is -0.382 e. The summed E-state index contributed by atoms with van der Waals surface area (Å²) in [5.41, 5.74) is 8.92. The SMILES string of the molecule is N#Cc1c(CCCNC(=O)CSc2nc3ccccc3s2)nn(-c2ccccc2)c1N. The number of nitriles is 1. The Morgan fingerprint density at radius 2 is 1.97 bits per heavy atom. The first-order chi connectivity index (χ1) is 15.2. The predicted octanol–water partition coefficient (Wildman–Crippen LogP) is 3.78. The van der Waals surface area contributed by atoms with Crippen LogP contribution in [0.1, 0.15) is 17.7 Å². The number of carbonyl (C=O) groups excluding carboxylic acids is 1. The number of thiazole rings is 1. The van der Waals surface area contributed by atoms with Crippen LogP contribution in [0.15, 0.2) is 58.9 Å². The number of rotatable bonds is 8. The van der Waals surface area contributed by atoms with Crippen LogP contribution >= 0.6 is 23.1 Å². The highest BCUT2D eigenvalue weighted by Gasteiger charge is 2.16. The number of nitrogens with zero attached hydrogens (tertiary/aromatic N) is 4. The third-order valence-electron chi connectivity index (χ3n) is 4.62. The second-order valence-electron chi connectivity index (χ2n) is 6.76. The van der Waals surface area contributed by atoms with E-state index in [0.29, 0.717) is 42.2 Å².